The summed E-state index contributed by atoms with van der Waals surface area (Å²) in [6, 6.07) is 0. The number of rotatable bonds is 13. The van der Waals surface area contributed by atoms with E-state index in [-0.39, 0.29) is 24.3 Å². The highest BCUT2D eigenvalue weighted by Gasteiger charge is 2.24. The molecule has 2 amide bonds. The molecule has 0 bridgehead atoms. The van der Waals surface area contributed by atoms with Gasteiger partial charge in [-0.15, -0.1) is 11.3 Å². The number of nitrogens with zero attached hydrogens (tertiary/aromatic N) is 2. The first-order valence-electron chi connectivity index (χ1n) is 10.0. The number of aryl methyl sites for hydroxylation is 2. The van der Waals surface area contributed by atoms with Crippen molar-refractivity contribution in [2.75, 3.05) is 31.6 Å². The van der Waals surface area contributed by atoms with E-state index in [1.165, 1.54) is 11.3 Å². The van der Waals surface area contributed by atoms with Gasteiger partial charge >= 0.3 is 0 Å². The summed E-state index contributed by atoms with van der Waals surface area (Å²) in [5, 5.41) is 3.43. The summed E-state index contributed by atoms with van der Waals surface area (Å²) < 4.78 is 5.39. The standard InChI is InChI=1S/C20H35N3O3S/c1-6-9-11-17(7-2)19(25)23(12-10-13-26-8-3)14-18(24)22-20-21-15(4)16(5)27-20/h17H,6-14H2,1-5H3,(H,21,22,24)/t17-/m0/s1. The third kappa shape index (κ3) is 8.39. The van der Waals surface area contributed by atoms with E-state index in [0.717, 1.165) is 42.7 Å². The largest absolute Gasteiger partial charge is 0.382 e. The average Bonchev–Trinajstić information content (AvgIpc) is 2.95. The highest BCUT2D eigenvalue weighted by molar-refractivity contribution is 7.15. The van der Waals surface area contributed by atoms with E-state index in [1.54, 1.807) is 4.90 Å². The second-order valence-corrected chi connectivity index (χ2v) is 7.97. The minimum absolute atomic E-state index is 0.0193. The van der Waals surface area contributed by atoms with Gasteiger partial charge in [-0.3, -0.25) is 9.59 Å². The van der Waals surface area contributed by atoms with Gasteiger partial charge in [-0.25, -0.2) is 4.98 Å². The van der Waals surface area contributed by atoms with E-state index in [2.05, 4.69) is 17.2 Å². The van der Waals surface area contributed by atoms with Crippen LogP contribution in [-0.4, -0.2) is 48.0 Å². The number of thiazole rings is 1. The van der Waals surface area contributed by atoms with E-state index in [4.69, 9.17) is 4.74 Å². The highest BCUT2D eigenvalue weighted by atomic mass is 32.1. The van der Waals surface area contributed by atoms with Crippen molar-refractivity contribution in [1.29, 1.82) is 0 Å². The Morgan fingerprint density at radius 3 is 2.52 bits per heavy atom. The molecule has 0 aliphatic rings. The number of unbranched alkanes of at least 4 members (excludes halogenated alkanes) is 1. The Balaban J connectivity index is 2.73. The van der Waals surface area contributed by atoms with Crippen molar-refractivity contribution in [2.45, 2.75) is 66.7 Å². The van der Waals surface area contributed by atoms with E-state index < -0.39 is 0 Å². The number of hydrogen-bond donors (Lipinski definition) is 1. The Labute approximate surface area is 167 Å². The van der Waals surface area contributed by atoms with Crippen molar-refractivity contribution >= 4 is 28.3 Å². The lowest BCUT2D eigenvalue weighted by Crippen LogP contribution is -2.42. The SMILES string of the molecule is CCCC[C@H](CC)C(=O)N(CCCOCC)CC(=O)Nc1nc(C)c(C)s1. The van der Waals surface area contributed by atoms with Gasteiger partial charge in [0.2, 0.25) is 11.8 Å². The lowest BCUT2D eigenvalue weighted by molar-refractivity contribution is -0.139. The first-order chi connectivity index (χ1) is 12.9. The van der Waals surface area contributed by atoms with Crippen LogP contribution in [0, 0.1) is 19.8 Å². The normalized spacial score (nSPS) is 12.0. The molecule has 27 heavy (non-hydrogen) atoms. The molecule has 1 atom stereocenters. The van der Waals surface area contributed by atoms with Gasteiger partial charge in [-0.05, 0) is 40.0 Å². The Kier molecular flexibility index (Phi) is 11.2. The topological polar surface area (TPSA) is 71.5 Å². The second kappa shape index (κ2) is 12.8. The number of amides is 2. The van der Waals surface area contributed by atoms with Crippen LogP contribution in [-0.2, 0) is 14.3 Å². The van der Waals surface area contributed by atoms with Gasteiger partial charge in [0, 0.05) is 30.6 Å². The fourth-order valence-corrected chi connectivity index (χ4v) is 3.67. The summed E-state index contributed by atoms with van der Waals surface area (Å²) >= 11 is 1.46. The number of carbonyl (C=O) groups is 2. The molecule has 0 saturated carbocycles. The molecule has 1 heterocycles. The summed E-state index contributed by atoms with van der Waals surface area (Å²) in [4.78, 5) is 32.6. The Morgan fingerprint density at radius 2 is 1.96 bits per heavy atom. The number of hydrogen-bond acceptors (Lipinski definition) is 5. The summed E-state index contributed by atoms with van der Waals surface area (Å²) in [7, 11) is 0. The maximum atomic E-state index is 13.0. The van der Waals surface area contributed by atoms with E-state index >= 15 is 0 Å². The van der Waals surface area contributed by atoms with Crippen LogP contribution in [0.1, 0.15) is 63.4 Å². The number of nitrogens with one attached hydrogen (secondary N) is 1. The van der Waals surface area contributed by atoms with Crippen molar-refractivity contribution < 1.29 is 14.3 Å². The van der Waals surface area contributed by atoms with Gasteiger partial charge in [0.05, 0.1) is 12.2 Å². The maximum absolute atomic E-state index is 13.0. The molecule has 0 radical (unpaired) electrons. The summed E-state index contributed by atoms with van der Waals surface area (Å²) in [6.45, 7) is 11.9. The van der Waals surface area contributed by atoms with Crippen LogP contribution in [0.3, 0.4) is 0 Å². The minimum atomic E-state index is -0.196. The van der Waals surface area contributed by atoms with Crippen LogP contribution in [0.15, 0.2) is 0 Å². The van der Waals surface area contributed by atoms with Crippen LogP contribution in [0.4, 0.5) is 5.13 Å². The van der Waals surface area contributed by atoms with Crippen molar-refractivity contribution in [3.05, 3.63) is 10.6 Å². The minimum Gasteiger partial charge on any atom is -0.382 e. The second-order valence-electron chi connectivity index (χ2n) is 6.77. The van der Waals surface area contributed by atoms with Gasteiger partial charge in [-0.2, -0.15) is 0 Å². The predicted molar refractivity (Wildman–Crippen MR) is 111 cm³/mol. The van der Waals surface area contributed by atoms with Crippen LogP contribution >= 0.6 is 11.3 Å². The zero-order chi connectivity index (χ0) is 20.2. The van der Waals surface area contributed by atoms with Crippen molar-refractivity contribution in [1.82, 2.24) is 9.88 Å². The van der Waals surface area contributed by atoms with Crippen molar-refractivity contribution in [3.8, 4) is 0 Å². The first-order valence-corrected chi connectivity index (χ1v) is 10.8. The molecule has 1 rings (SSSR count). The molecule has 1 aromatic rings. The van der Waals surface area contributed by atoms with Crippen LogP contribution in [0.25, 0.3) is 0 Å². The number of ether oxygens (including phenoxy) is 1. The molecule has 0 spiro atoms. The molecular weight excluding hydrogens is 362 g/mol. The first kappa shape index (κ1) is 23.6. The molecule has 6 nitrogen and oxygen atoms in total. The lowest BCUT2D eigenvalue weighted by Gasteiger charge is -2.26. The molecule has 0 unspecified atom stereocenters. The molecule has 0 fully saturated rings. The third-order valence-corrected chi connectivity index (χ3v) is 5.58. The molecule has 1 aromatic heterocycles. The van der Waals surface area contributed by atoms with Gasteiger partial charge in [0.1, 0.15) is 0 Å². The summed E-state index contributed by atoms with van der Waals surface area (Å²) in [5.74, 6) is -0.142. The molecule has 1 N–H and O–H groups in total. The fraction of sp³-hybridized carbons (Fsp3) is 0.750. The maximum Gasteiger partial charge on any atom is 0.245 e. The smallest absolute Gasteiger partial charge is 0.245 e. The highest BCUT2D eigenvalue weighted by Crippen LogP contribution is 2.21. The Bertz CT molecular complexity index is 570. The van der Waals surface area contributed by atoms with Crippen LogP contribution < -0.4 is 5.32 Å². The van der Waals surface area contributed by atoms with Crippen molar-refractivity contribution in [3.63, 3.8) is 0 Å². The van der Waals surface area contributed by atoms with Crippen LogP contribution in [0.2, 0.25) is 0 Å². The summed E-state index contributed by atoms with van der Waals surface area (Å²) in [5.41, 5.74) is 0.922. The zero-order valence-electron chi connectivity index (χ0n) is 17.5. The molecule has 154 valence electrons. The molecule has 0 aliphatic carbocycles. The van der Waals surface area contributed by atoms with Crippen LogP contribution in [0.5, 0.6) is 0 Å². The van der Waals surface area contributed by atoms with Gasteiger partial charge in [-0.1, -0.05) is 26.7 Å². The summed E-state index contributed by atoms with van der Waals surface area (Å²) in [6.07, 6.45) is 4.50. The van der Waals surface area contributed by atoms with Crippen molar-refractivity contribution in [2.24, 2.45) is 5.92 Å². The van der Waals surface area contributed by atoms with Gasteiger partial charge < -0.3 is 15.0 Å². The van der Waals surface area contributed by atoms with Gasteiger partial charge in [0.15, 0.2) is 5.13 Å². The van der Waals surface area contributed by atoms with Gasteiger partial charge in [0.25, 0.3) is 0 Å². The Morgan fingerprint density at radius 1 is 1.22 bits per heavy atom. The fourth-order valence-electron chi connectivity index (χ4n) is 2.84. The average molecular weight is 398 g/mol. The van der Waals surface area contributed by atoms with E-state index in [0.29, 0.717) is 24.9 Å². The van der Waals surface area contributed by atoms with E-state index in [1.807, 2.05) is 27.7 Å². The molecule has 0 aromatic carbocycles. The molecular formula is C20H35N3O3S. The molecule has 0 aliphatic heterocycles. The Hall–Kier alpha value is -1.47. The lowest BCUT2D eigenvalue weighted by atomic mass is 9.97. The third-order valence-electron chi connectivity index (χ3n) is 4.59. The molecule has 7 heteroatoms. The number of aromatic nitrogens is 1. The number of carbonyl (C=O) groups excluding carboxylic acids is 2. The zero-order valence-corrected chi connectivity index (χ0v) is 18.3. The molecule has 0 saturated heterocycles. The van der Waals surface area contributed by atoms with E-state index in [9.17, 15) is 9.59 Å². The monoisotopic (exact) mass is 397 g/mol. The number of anilines is 1. The predicted octanol–water partition coefficient (Wildman–Crippen LogP) is 4.17. The quantitative estimate of drug-likeness (QED) is 0.507.